The van der Waals surface area contributed by atoms with Crippen molar-refractivity contribution >= 4 is 7.82 Å². The predicted octanol–water partition coefficient (Wildman–Crippen LogP) is 11.5. The van der Waals surface area contributed by atoms with Gasteiger partial charge in [-0.3, -0.25) is 4.52 Å². The number of nitrogens with two attached hydrogens (primary N) is 1. The molecule has 0 amide bonds. The summed E-state index contributed by atoms with van der Waals surface area (Å²) in [5.41, 5.74) is 5.17. The van der Waals surface area contributed by atoms with Gasteiger partial charge in [-0.05, 0) is 12.8 Å². The Balaban J connectivity index is 3.91. The predicted molar refractivity (Wildman–Crippen MR) is 175 cm³/mol. The van der Waals surface area contributed by atoms with Crippen molar-refractivity contribution < 1.29 is 18.9 Å². The Morgan fingerprint density at radius 3 is 0.900 bits per heavy atom. The number of unbranched alkanes of at least 4 members (excludes halogenated alkanes) is 26. The van der Waals surface area contributed by atoms with E-state index in [9.17, 15) is 14.4 Å². The second-order valence-electron chi connectivity index (χ2n) is 12.7. The molecule has 0 saturated carbocycles. The van der Waals surface area contributed by atoms with Crippen molar-refractivity contribution in [2.75, 3.05) is 6.54 Å². The van der Waals surface area contributed by atoms with Crippen molar-refractivity contribution in [3.8, 4) is 0 Å². The molecular formula is C34H72NO4P. The molecule has 0 spiro atoms. The maximum atomic E-state index is 11.7. The summed E-state index contributed by atoms with van der Waals surface area (Å²) in [7, 11) is -4.56. The van der Waals surface area contributed by atoms with Gasteiger partial charge in [0.1, 0.15) is 0 Å². The normalized spacial score (nSPS) is 12.4. The molecule has 0 aliphatic heterocycles. The summed E-state index contributed by atoms with van der Waals surface area (Å²) in [5, 5.41) is 0. The van der Waals surface area contributed by atoms with Crippen LogP contribution in [0.15, 0.2) is 0 Å². The highest BCUT2D eigenvalue weighted by atomic mass is 31.2. The number of hydrogen-bond acceptors (Lipinski definition) is 3. The zero-order valence-electron chi connectivity index (χ0n) is 27.2. The van der Waals surface area contributed by atoms with Gasteiger partial charge in [0.25, 0.3) is 0 Å². The van der Waals surface area contributed by atoms with Crippen LogP contribution in [0.1, 0.15) is 206 Å². The van der Waals surface area contributed by atoms with Crippen LogP contribution in [0.5, 0.6) is 0 Å². The Kier molecular flexibility index (Phi) is 29.2. The molecule has 0 aromatic heterocycles. The SMILES string of the molecule is CCCCCCCCCCCCCCCCC(CN)(CCCCCCCCCCCCCCCC)OP(=O)(O)O. The van der Waals surface area contributed by atoms with Gasteiger partial charge in [0, 0.05) is 6.54 Å². The summed E-state index contributed by atoms with van der Waals surface area (Å²) in [6.07, 6.45) is 37.6. The largest absolute Gasteiger partial charge is 0.470 e. The average molecular weight is 590 g/mol. The van der Waals surface area contributed by atoms with Crippen LogP contribution in [0.3, 0.4) is 0 Å². The quantitative estimate of drug-likeness (QED) is 0.0523. The lowest BCUT2D eigenvalue weighted by Crippen LogP contribution is -2.40. The first kappa shape index (κ1) is 40.1. The highest BCUT2D eigenvalue weighted by Gasteiger charge is 2.35. The standard InChI is InChI=1S/C34H72NO4P/c1-3-5-7-9-11-13-15-17-19-21-23-25-27-29-31-34(33-35,39-40(36,37)38)32-30-28-26-24-22-20-18-16-14-12-10-8-6-4-2/h3-33,35H2,1-2H3,(H2,36,37,38). The lowest BCUT2D eigenvalue weighted by Gasteiger charge is -2.33. The molecule has 0 saturated heterocycles. The topological polar surface area (TPSA) is 92.8 Å². The van der Waals surface area contributed by atoms with Crippen molar-refractivity contribution in [3.63, 3.8) is 0 Å². The lowest BCUT2D eigenvalue weighted by molar-refractivity contribution is 0.0218. The van der Waals surface area contributed by atoms with E-state index in [1.807, 2.05) is 0 Å². The van der Waals surface area contributed by atoms with Gasteiger partial charge in [-0.1, -0.05) is 194 Å². The molecule has 0 aromatic rings. The van der Waals surface area contributed by atoms with Gasteiger partial charge in [0.15, 0.2) is 0 Å². The van der Waals surface area contributed by atoms with Crippen LogP contribution >= 0.6 is 7.82 Å². The molecule has 5 nitrogen and oxygen atoms in total. The van der Waals surface area contributed by atoms with Crippen molar-refractivity contribution in [2.24, 2.45) is 5.73 Å². The molecule has 0 aliphatic carbocycles. The first-order valence-corrected chi connectivity index (χ1v) is 19.4. The van der Waals surface area contributed by atoms with Crippen molar-refractivity contribution in [1.82, 2.24) is 0 Å². The van der Waals surface area contributed by atoms with E-state index < -0.39 is 13.4 Å². The van der Waals surface area contributed by atoms with Crippen LogP contribution < -0.4 is 5.73 Å². The summed E-state index contributed by atoms with van der Waals surface area (Å²) < 4.78 is 17.1. The van der Waals surface area contributed by atoms with Gasteiger partial charge in [-0.25, -0.2) is 4.57 Å². The number of phosphoric acid groups is 1. The number of phosphoric ester groups is 1. The van der Waals surface area contributed by atoms with E-state index in [1.165, 1.54) is 154 Å². The molecule has 0 aromatic carbocycles. The molecule has 0 heterocycles. The fraction of sp³-hybridized carbons (Fsp3) is 1.00. The smallest absolute Gasteiger partial charge is 0.328 e. The molecule has 0 radical (unpaired) electrons. The molecule has 6 heteroatoms. The maximum Gasteiger partial charge on any atom is 0.470 e. The fourth-order valence-corrected chi connectivity index (χ4v) is 6.75. The van der Waals surface area contributed by atoms with Crippen LogP contribution in [-0.4, -0.2) is 21.9 Å². The third-order valence-corrected chi connectivity index (χ3v) is 9.28. The molecule has 242 valence electrons. The first-order chi connectivity index (χ1) is 19.4. The maximum absolute atomic E-state index is 11.7. The van der Waals surface area contributed by atoms with Crippen LogP contribution in [0.25, 0.3) is 0 Å². The van der Waals surface area contributed by atoms with Gasteiger partial charge in [-0.2, -0.15) is 0 Å². The minimum atomic E-state index is -4.56. The number of rotatable bonds is 33. The fourth-order valence-electron chi connectivity index (χ4n) is 5.99. The zero-order valence-corrected chi connectivity index (χ0v) is 28.1. The summed E-state index contributed by atoms with van der Waals surface area (Å²) >= 11 is 0. The Morgan fingerprint density at radius 1 is 0.475 bits per heavy atom. The van der Waals surface area contributed by atoms with Gasteiger partial charge in [0.2, 0.25) is 0 Å². The minimum Gasteiger partial charge on any atom is -0.328 e. The third-order valence-electron chi connectivity index (χ3n) is 8.66. The van der Waals surface area contributed by atoms with Crippen LogP contribution in [0.2, 0.25) is 0 Å². The first-order valence-electron chi connectivity index (χ1n) is 17.9. The Morgan fingerprint density at radius 2 is 0.700 bits per heavy atom. The van der Waals surface area contributed by atoms with Crippen LogP contribution in [0.4, 0.5) is 0 Å². The van der Waals surface area contributed by atoms with Gasteiger partial charge >= 0.3 is 7.82 Å². The van der Waals surface area contributed by atoms with Gasteiger partial charge in [0.05, 0.1) is 5.60 Å². The molecule has 0 unspecified atom stereocenters. The zero-order chi connectivity index (χ0) is 29.6. The molecule has 0 fully saturated rings. The van der Waals surface area contributed by atoms with Crippen molar-refractivity contribution in [1.29, 1.82) is 0 Å². The molecule has 0 atom stereocenters. The van der Waals surface area contributed by atoms with E-state index in [2.05, 4.69) is 13.8 Å². The third kappa shape index (κ3) is 28.2. The van der Waals surface area contributed by atoms with Gasteiger partial charge < -0.3 is 15.5 Å². The van der Waals surface area contributed by atoms with Crippen LogP contribution in [0, 0.1) is 0 Å². The van der Waals surface area contributed by atoms with E-state index in [4.69, 9.17) is 10.3 Å². The van der Waals surface area contributed by atoms with Gasteiger partial charge in [-0.15, -0.1) is 0 Å². The summed E-state index contributed by atoms with van der Waals surface area (Å²) in [4.78, 5) is 19.1. The van der Waals surface area contributed by atoms with E-state index in [0.29, 0.717) is 12.8 Å². The Hall–Kier alpha value is 0.0700. The molecule has 40 heavy (non-hydrogen) atoms. The summed E-state index contributed by atoms with van der Waals surface area (Å²) in [6.45, 7) is 4.72. The highest BCUT2D eigenvalue weighted by molar-refractivity contribution is 7.46. The number of hydrogen-bond donors (Lipinski definition) is 3. The molecule has 0 bridgehead atoms. The highest BCUT2D eigenvalue weighted by Crippen LogP contribution is 2.45. The van der Waals surface area contributed by atoms with E-state index in [0.717, 1.165) is 25.7 Å². The molecule has 0 aliphatic rings. The molecule has 4 N–H and O–H groups in total. The minimum absolute atomic E-state index is 0.176. The van der Waals surface area contributed by atoms with E-state index in [1.54, 1.807) is 0 Å². The molecule has 0 rings (SSSR count). The Bertz CT molecular complexity index is 522. The van der Waals surface area contributed by atoms with E-state index in [-0.39, 0.29) is 6.54 Å². The van der Waals surface area contributed by atoms with Crippen molar-refractivity contribution in [2.45, 2.75) is 212 Å². The second kappa shape index (κ2) is 29.2. The average Bonchev–Trinajstić information content (AvgIpc) is 2.92. The Labute approximate surface area is 250 Å². The molecular weight excluding hydrogens is 517 g/mol. The second-order valence-corrected chi connectivity index (χ2v) is 13.8. The summed E-state index contributed by atoms with van der Waals surface area (Å²) in [5.74, 6) is 0. The lowest BCUT2D eigenvalue weighted by atomic mass is 9.89. The van der Waals surface area contributed by atoms with E-state index >= 15 is 0 Å². The van der Waals surface area contributed by atoms with Crippen LogP contribution in [-0.2, 0) is 9.09 Å². The van der Waals surface area contributed by atoms with Crippen molar-refractivity contribution in [3.05, 3.63) is 0 Å². The monoisotopic (exact) mass is 590 g/mol. The summed E-state index contributed by atoms with van der Waals surface area (Å²) in [6, 6.07) is 0.